The Morgan fingerprint density at radius 2 is 2.31 bits per heavy atom. The molecule has 3 rings (SSSR count). The highest BCUT2D eigenvalue weighted by molar-refractivity contribution is 7.11. The van der Waals surface area contributed by atoms with E-state index in [1.807, 2.05) is 13.1 Å². The summed E-state index contributed by atoms with van der Waals surface area (Å²) in [6.45, 7) is 2.24. The third-order valence-electron chi connectivity index (χ3n) is 3.25. The molecule has 1 fully saturated rings. The molecule has 0 aliphatic carbocycles. The van der Waals surface area contributed by atoms with Crippen molar-refractivity contribution in [3.05, 3.63) is 24.3 Å². The lowest BCUT2D eigenvalue weighted by atomic mass is 10.2. The van der Waals surface area contributed by atoms with Gasteiger partial charge in [-0.05, 0) is 37.1 Å². The van der Waals surface area contributed by atoms with E-state index in [0.29, 0.717) is 6.04 Å². The summed E-state index contributed by atoms with van der Waals surface area (Å²) >= 11 is 1.62. The molecule has 2 heterocycles. The Hall–Kier alpha value is -1.13. The second kappa shape index (κ2) is 4.03. The van der Waals surface area contributed by atoms with Gasteiger partial charge in [0.25, 0.3) is 0 Å². The normalized spacial score (nSPS) is 20.8. The summed E-state index contributed by atoms with van der Waals surface area (Å²) < 4.78 is 4.49. The van der Waals surface area contributed by atoms with E-state index in [1.54, 1.807) is 11.5 Å². The minimum Gasteiger partial charge on any atom is -0.360 e. The van der Waals surface area contributed by atoms with Crippen LogP contribution in [0.4, 0.5) is 5.00 Å². The Balaban J connectivity index is 1.95. The topological polar surface area (TPSA) is 28.2 Å². The van der Waals surface area contributed by atoms with Crippen LogP contribution in [-0.2, 0) is 0 Å². The maximum Gasteiger partial charge on any atom is 0.120 e. The van der Waals surface area contributed by atoms with Crippen LogP contribution >= 0.6 is 11.5 Å². The summed E-state index contributed by atoms with van der Waals surface area (Å²) in [5.41, 5.74) is 1.12. The lowest BCUT2D eigenvalue weighted by molar-refractivity contribution is 0.617. The fourth-order valence-electron chi connectivity index (χ4n) is 2.28. The van der Waals surface area contributed by atoms with Gasteiger partial charge in [-0.15, -0.1) is 0 Å². The first-order chi connectivity index (χ1) is 7.88. The Bertz CT molecular complexity index is 494. The molecule has 1 aliphatic rings. The van der Waals surface area contributed by atoms with Gasteiger partial charge in [0.1, 0.15) is 5.00 Å². The highest BCUT2D eigenvalue weighted by Gasteiger charge is 2.23. The van der Waals surface area contributed by atoms with E-state index in [4.69, 9.17) is 0 Å². The van der Waals surface area contributed by atoms with Crippen LogP contribution < -0.4 is 10.2 Å². The first kappa shape index (κ1) is 10.1. The summed E-state index contributed by atoms with van der Waals surface area (Å²) in [4.78, 5) is 2.45. The number of aromatic nitrogens is 1. The molecule has 0 saturated carbocycles. The van der Waals surface area contributed by atoms with Gasteiger partial charge in [0, 0.05) is 24.5 Å². The molecule has 3 nitrogen and oxygen atoms in total. The molecule has 1 aromatic carbocycles. The zero-order chi connectivity index (χ0) is 11.0. The van der Waals surface area contributed by atoms with Gasteiger partial charge < -0.3 is 10.2 Å². The quantitative estimate of drug-likeness (QED) is 0.861. The van der Waals surface area contributed by atoms with Crippen molar-refractivity contribution in [2.75, 3.05) is 25.0 Å². The first-order valence-electron chi connectivity index (χ1n) is 5.65. The van der Waals surface area contributed by atoms with Crippen molar-refractivity contribution < 1.29 is 0 Å². The van der Waals surface area contributed by atoms with Crippen LogP contribution in [0.3, 0.4) is 0 Å². The van der Waals surface area contributed by atoms with Gasteiger partial charge in [0.2, 0.25) is 0 Å². The van der Waals surface area contributed by atoms with Crippen molar-refractivity contribution >= 4 is 27.4 Å². The molecular weight excluding hydrogens is 218 g/mol. The van der Waals surface area contributed by atoms with Crippen LogP contribution in [-0.4, -0.2) is 30.6 Å². The predicted octanol–water partition coefficient (Wildman–Crippen LogP) is 2.09. The Labute approximate surface area is 99.2 Å². The van der Waals surface area contributed by atoms with Gasteiger partial charge in [0.15, 0.2) is 0 Å². The van der Waals surface area contributed by atoms with Crippen LogP contribution in [0.25, 0.3) is 10.9 Å². The fraction of sp³-hybridized carbons (Fsp3) is 0.417. The predicted molar refractivity (Wildman–Crippen MR) is 69.3 cm³/mol. The van der Waals surface area contributed by atoms with Gasteiger partial charge in [-0.1, -0.05) is 12.1 Å². The molecule has 1 aliphatic heterocycles. The molecule has 84 valence electrons. The monoisotopic (exact) mass is 233 g/mol. The maximum absolute atomic E-state index is 4.49. The molecule has 16 heavy (non-hydrogen) atoms. The largest absolute Gasteiger partial charge is 0.360 e. The van der Waals surface area contributed by atoms with Gasteiger partial charge in [-0.25, -0.2) is 0 Å². The van der Waals surface area contributed by atoms with Crippen LogP contribution in [0.15, 0.2) is 24.3 Å². The number of hydrogen-bond donors (Lipinski definition) is 1. The Kier molecular flexibility index (Phi) is 2.53. The zero-order valence-electron chi connectivity index (χ0n) is 9.31. The molecule has 1 atom stereocenters. The van der Waals surface area contributed by atoms with Crippen LogP contribution in [0.1, 0.15) is 6.42 Å². The van der Waals surface area contributed by atoms with E-state index < -0.39 is 0 Å². The number of nitrogens with zero attached hydrogens (tertiary/aromatic N) is 2. The summed E-state index contributed by atoms with van der Waals surface area (Å²) in [5, 5.41) is 5.97. The summed E-state index contributed by atoms with van der Waals surface area (Å²) in [7, 11) is 2.04. The lowest BCUT2D eigenvalue weighted by Gasteiger charge is -2.16. The molecular formula is C12H15N3S. The number of rotatable bonds is 2. The van der Waals surface area contributed by atoms with Crippen LogP contribution in [0.5, 0.6) is 0 Å². The Morgan fingerprint density at radius 1 is 1.44 bits per heavy atom. The molecule has 2 aromatic rings. The van der Waals surface area contributed by atoms with Crippen LogP contribution in [0, 0.1) is 0 Å². The van der Waals surface area contributed by atoms with E-state index in [1.165, 1.54) is 16.8 Å². The summed E-state index contributed by atoms with van der Waals surface area (Å²) in [5.74, 6) is 0. The van der Waals surface area contributed by atoms with E-state index >= 15 is 0 Å². The standard InChI is InChI=1S/C12H15N3S/c1-13-9-6-7-15(8-9)12-10-4-2-3-5-11(10)14-16-12/h2-5,9,13H,6-8H2,1H3. The maximum atomic E-state index is 4.49. The molecule has 0 radical (unpaired) electrons. The minimum absolute atomic E-state index is 0.626. The average molecular weight is 233 g/mol. The second-order valence-corrected chi connectivity index (χ2v) is 4.98. The van der Waals surface area contributed by atoms with Gasteiger partial charge in [-0.3, -0.25) is 0 Å². The van der Waals surface area contributed by atoms with Gasteiger partial charge >= 0.3 is 0 Å². The summed E-state index contributed by atoms with van der Waals surface area (Å²) in [6.07, 6.45) is 1.22. The van der Waals surface area contributed by atoms with Crippen molar-refractivity contribution in [3.8, 4) is 0 Å². The Morgan fingerprint density at radius 3 is 3.12 bits per heavy atom. The summed E-state index contributed by atoms with van der Waals surface area (Å²) in [6, 6.07) is 9.01. The van der Waals surface area contributed by atoms with Gasteiger partial charge in [0.05, 0.1) is 5.52 Å². The third kappa shape index (κ3) is 1.58. The zero-order valence-corrected chi connectivity index (χ0v) is 10.1. The van der Waals surface area contributed by atoms with Crippen molar-refractivity contribution in [1.29, 1.82) is 0 Å². The first-order valence-corrected chi connectivity index (χ1v) is 6.42. The van der Waals surface area contributed by atoms with E-state index in [0.717, 1.165) is 18.6 Å². The van der Waals surface area contributed by atoms with Crippen LogP contribution in [0.2, 0.25) is 0 Å². The molecule has 0 amide bonds. The minimum atomic E-state index is 0.626. The average Bonchev–Trinajstić information content (AvgIpc) is 2.94. The number of hydrogen-bond acceptors (Lipinski definition) is 4. The molecule has 4 heteroatoms. The van der Waals surface area contributed by atoms with E-state index in [-0.39, 0.29) is 0 Å². The van der Waals surface area contributed by atoms with E-state index in [2.05, 4.69) is 32.8 Å². The molecule has 1 N–H and O–H groups in total. The van der Waals surface area contributed by atoms with Crippen molar-refractivity contribution in [1.82, 2.24) is 9.69 Å². The molecule has 1 aromatic heterocycles. The third-order valence-corrected chi connectivity index (χ3v) is 4.19. The van der Waals surface area contributed by atoms with E-state index in [9.17, 15) is 0 Å². The second-order valence-electron chi connectivity index (χ2n) is 4.23. The fourth-order valence-corrected chi connectivity index (χ4v) is 3.18. The lowest BCUT2D eigenvalue weighted by Crippen LogP contribution is -2.29. The van der Waals surface area contributed by atoms with Crippen molar-refractivity contribution in [2.24, 2.45) is 0 Å². The SMILES string of the molecule is CNC1CCN(c2snc3ccccc23)C1. The highest BCUT2D eigenvalue weighted by Crippen LogP contribution is 2.33. The number of fused-ring (bicyclic) bond motifs is 1. The number of benzene rings is 1. The number of likely N-dealkylation sites (N-methyl/N-ethyl adjacent to an activating group) is 1. The molecule has 1 saturated heterocycles. The van der Waals surface area contributed by atoms with Crippen molar-refractivity contribution in [3.63, 3.8) is 0 Å². The number of nitrogens with one attached hydrogen (secondary N) is 1. The smallest absolute Gasteiger partial charge is 0.120 e. The molecule has 1 unspecified atom stereocenters. The van der Waals surface area contributed by atoms with Crippen molar-refractivity contribution in [2.45, 2.75) is 12.5 Å². The molecule has 0 spiro atoms. The highest BCUT2D eigenvalue weighted by atomic mass is 32.1. The van der Waals surface area contributed by atoms with Gasteiger partial charge in [-0.2, -0.15) is 4.37 Å². The molecule has 0 bridgehead atoms. The number of anilines is 1.